The van der Waals surface area contributed by atoms with Gasteiger partial charge in [-0.2, -0.15) is 5.10 Å². The minimum atomic E-state index is 0.201. The van der Waals surface area contributed by atoms with E-state index in [4.69, 9.17) is 0 Å². The van der Waals surface area contributed by atoms with Crippen molar-refractivity contribution in [2.24, 2.45) is 0 Å². The van der Waals surface area contributed by atoms with Crippen LogP contribution in [0.1, 0.15) is 30.3 Å². The second kappa shape index (κ2) is 5.87. The van der Waals surface area contributed by atoms with E-state index < -0.39 is 0 Å². The summed E-state index contributed by atoms with van der Waals surface area (Å²) in [6.45, 7) is 1.60. The summed E-state index contributed by atoms with van der Waals surface area (Å²) in [7, 11) is 0. The number of H-pyrrole nitrogens is 2. The predicted molar refractivity (Wildman–Crippen MR) is 86.9 cm³/mol. The summed E-state index contributed by atoms with van der Waals surface area (Å²) in [4.78, 5) is 22.2. The fraction of sp³-hybridized carbons (Fsp3) is 0.353. The largest absolute Gasteiger partial charge is 0.342 e. The zero-order chi connectivity index (χ0) is 15.6. The highest BCUT2D eigenvalue weighted by atomic mass is 16.2. The number of benzene rings is 1. The minimum Gasteiger partial charge on any atom is -0.342 e. The topological polar surface area (TPSA) is 77.7 Å². The van der Waals surface area contributed by atoms with Crippen LogP contribution in [0.3, 0.4) is 0 Å². The van der Waals surface area contributed by atoms with E-state index in [1.165, 1.54) is 0 Å². The van der Waals surface area contributed by atoms with Gasteiger partial charge in [-0.1, -0.05) is 12.1 Å². The molecule has 0 aliphatic carbocycles. The third-order valence-electron chi connectivity index (χ3n) is 4.52. The first-order chi connectivity index (χ1) is 11.3. The highest BCUT2D eigenvalue weighted by Gasteiger charge is 2.27. The van der Waals surface area contributed by atoms with Crippen LogP contribution >= 0.6 is 0 Å². The summed E-state index contributed by atoms with van der Waals surface area (Å²) < 4.78 is 0. The van der Waals surface area contributed by atoms with Crippen LogP contribution in [0.25, 0.3) is 11.0 Å². The molecule has 1 aliphatic rings. The van der Waals surface area contributed by atoms with Crippen LogP contribution < -0.4 is 0 Å². The molecule has 1 aromatic carbocycles. The second-order valence-electron chi connectivity index (χ2n) is 6.04. The summed E-state index contributed by atoms with van der Waals surface area (Å²) in [6, 6.07) is 9.93. The highest BCUT2D eigenvalue weighted by Crippen LogP contribution is 2.26. The number of hydrogen-bond acceptors (Lipinski definition) is 3. The van der Waals surface area contributed by atoms with E-state index in [0.717, 1.165) is 42.1 Å². The number of amides is 1. The van der Waals surface area contributed by atoms with Gasteiger partial charge in [-0.05, 0) is 24.6 Å². The van der Waals surface area contributed by atoms with Crippen molar-refractivity contribution in [3.05, 3.63) is 48.0 Å². The number of nitrogens with zero attached hydrogens (tertiary/aromatic N) is 3. The number of fused-ring (bicyclic) bond motifs is 1. The smallest absolute Gasteiger partial charge is 0.223 e. The number of likely N-dealkylation sites (tertiary alicyclic amines) is 1. The molecule has 0 spiro atoms. The fourth-order valence-corrected chi connectivity index (χ4v) is 3.24. The second-order valence-corrected chi connectivity index (χ2v) is 6.04. The summed E-state index contributed by atoms with van der Waals surface area (Å²) in [5.74, 6) is 1.46. The lowest BCUT2D eigenvalue weighted by molar-refractivity contribution is -0.130. The van der Waals surface area contributed by atoms with Crippen molar-refractivity contribution >= 4 is 16.9 Å². The van der Waals surface area contributed by atoms with Gasteiger partial charge in [-0.3, -0.25) is 9.89 Å². The van der Waals surface area contributed by atoms with Gasteiger partial charge in [0.05, 0.1) is 11.0 Å². The fourth-order valence-electron chi connectivity index (χ4n) is 3.24. The van der Waals surface area contributed by atoms with Gasteiger partial charge in [0, 0.05) is 43.7 Å². The molecule has 2 aromatic heterocycles. The zero-order valence-corrected chi connectivity index (χ0v) is 12.8. The lowest BCUT2D eigenvalue weighted by Gasteiger charge is -2.15. The van der Waals surface area contributed by atoms with Gasteiger partial charge >= 0.3 is 0 Å². The number of nitrogens with one attached hydrogen (secondary N) is 2. The van der Waals surface area contributed by atoms with Crippen LogP contribution in [0.2, 0.25) is 0 Å². The quantitative estimate of drug-likeness (QED) is 0.776. The summed E-state index contributed by atoms with van der Waals surface area (Å²) in [5.41, 5.74) is 3.10. The van der Waals surface area contributed by atoms with Crippen molar-refractivity contribution in [1.29, 1.82) is 0 Å². The number of carbonyl (C=O) groups excluding carboxylic acids is 1. The SMILES string of the molecule is O=C(CCc1nc2ccccc2[nH]1)N1CC[C@@H](c2ccn[nH]2)C1. The maximum atomic E-state index is 12.4. The minimum absolute atomic E-state index is 0.201. The molecule has 6 nitrogen and oxygen atoms in total. The molecule has 23 heavy (non-hydrogen) atoms. The van der Waals surface area contributed by atoms with Crippen LogP contribution in [0.15, 0.2) is 36.5 Å². The van der Waals surface area contributed by atoms with Crippen LogP contribution in [-0.4, -0.2) is 44.1 Å². The van der Waals surface area contributed by atoms with E-state index >= 15 is 0 Å². The third kappa shape index (κ3) is 2.84. The number of imidazole rings is 1. The Bertz CT molecular complexity index is 774. The Balaban J connectivity index is 1.35. The van der Waals surface area contributed by atoms with E-state index in [1.54, 1.807) is 6.20 Å². The molecular formula is C17H19N5O. The van der Waals surface area contributed by atoms with Gasteiger partial charge in [-0.15, -0.1) is 0 Å². The molecule has 1 amide bonds. The molecule has 0 unspecified atom stereocenters. The van der Waals surface area contributed by atoms with E-state index in [2.05, 4.69) is 20.2 Å². The molecule has 1 fully saturated rings. The van der Waals surface area contributed by atoms with Gasteiger partial charge < -0.3 is 9.88 Å². The van der Waals surface area contributed by atoms with Gasteiger partial charge in [0.2, 0.25) is 5.91 Å². The number of para-hydroxylation sites is 2. The van der Waals surface area contributed by atoms with Crippen LogP contribution in [0.5, 0.6) is 0 Å². The Labute approximate surface area is 133 Å². The summed E-state index contributed by atoms with van der Waals surface area (Å²) in [5, 5.41) is 7.00. The first-order valence-electron chi connectivity index (χ1n) is 8.00. The average molecular weight is 309 g/mol. The molecule has 1 atom stereocenters. The van der Waals surface area contributed by atoms with Crippen molar-refractivity contribution in [2.45, 2.75) is 25.2 Å². The predicted octanol–water partition coefficient (Wildman–Crippen LogP) is 2.23. The Morgan fingerprint density at radius 2 is 2.22 bits per heavy atom. The molecule has 1 saturated heterocycles. The van der Waals surface area contributed by atoms with Crippen molar-refractivity contribution in [3.63, 3.8) is 0 Å². The first kappa shape index (κ1) is 14.0. The molecule has 4 rings (SSSR count). The standard InChI is InChI=1S/C17H19N5O/c23-17(22-10-8-12(11-22)13-7-9-18-21-13)6-5-16-19-14-3-1-2-4-15(14)20-16/h1-4,7,9,12H,5-6,8,10-11H2,(H,18,21)(H,19,20)/t12-/m1/s1. The zero-order valence-electron chi connectivity index (χ0n) is 12.8. The monoisotopic (exact) mass is 309 g/mol. The number of aryl methyl sites for hydroxylation is 1. The van der Waals surface area contributed by atoms with Gasteiger partial charge in [0.15, 0.2) is 0 Å². The Morgan fingerprint density at radius 1 is 1.30 bits per heavy atom. The number of rotatable bonds is 4. The molecule has 3 heterocycles. The maximum Gasteiger partial charge on any atom is 0.223 e. The highest BCUT2D eigenvalue weighted by molar-refractivity contribution is 5.77. The molecule has 0 radical (unpaired) electrons. The molecule has 1 aliphatic heterocycles. The van der Waals surface area contributed by atoms with E-state index in [1.807, 2.05) is 35.2 Å². The van der Waals surface area contributed by atoms with Crippen molar-refractivity contribution in [1.82, 2.24) is 25.1 Å². The summed E-state index contributed by atoms with van der Waals surface area (Å²) >= 11 is 0. The molecule has 118 valence electrons. The molecular weight excluding hydrogens is 290 g/mol. The van der Waals surface area contributed by atoms with Crippen LogP contribution in [-0.2, 0) is 11.2 Å². The number of aromatic amines is 2. The number of hydrogen-bond donors (Lipinski definition) is 2. The summed E-state index contributed by atoms with van der Waals surface area (Å²) in [6.07, 6.45) is 3.91. The van der Waals surface area contributed by atoms with Crippen molar-refractivity contribution in [3.8, 4) is 0 Å². The molecule has 0 bridgehead atoms. The molecule has 3 aromatic rings. The van der Waals surface area contributed by atoms with Gasteiger partial charge in [0.25, 0.3) is 0 Å². The lowest BCUT2D eigenvalue weighted by Crippen LogP contribution is -2.28. The number of aromatic nitrogens is 4. The Morgan fingerprint density at radius 3 is 3.04 bits per heavy atom. The van der Waals surface area contributed by atoms with Crippen LogP contribution in [0.4, 0.5) is 0 Å². The van der Waals surface area contributed by atoms with E-state index in [-0.39, 0.29) is 5.91 Å². The van der Waals surface area contributed by atoms with Crippen molar-refractivity contribution < 1.29 is 4.79 Å². The average Bonchev–Trinajstić information content (AvgIpc) is 3.31. The van der Waals surface area contributed by atoms with Crippen LogP contribution in [0, 0.1) is 0 Å². The van der Waals surface area contributed by atoms with E-state index in [9.17, 15) is 4.79 Å². The Kier molecular flexibility index (Phi) is 3.57. The first-order valence-corrected chi connectivity index (χ1v) is 8.00. The Hall–Kier alpha value is -2.63. The normalized spacial score (nSPS) is 17.9. The number of carbonyl (C=O) groups is 1. The molecule has 2 N–H and O–H groups in total. The van der Waals surface area contributed by atoms with E-state index in [0.29, 0.717) is 18.8 Å². The van der Waals surface area contributed by atoms with Gasteiger partial charge in [-0.25, -0.2) is 4.98 Å². The lowest BCUT2D eigenvalue weighted by atomic mass is 10.1. The molecule has 6 heteroatoms. The molecule has 0 saturated carbocycles. The van der Waals surface area contributed by atoms with Crippen molar-refractivity contribution in [2.75, 3.05) is 13.1 Å². The third-order valence-corrected chi connectivity index (χ3v) is 4.52. The maximum absolute atomic E-state index is 12.4. The van der Waals surface area contributed by atoms with Gasteiger partial charge in [0.1, 0.15) is 5.82 Å².